The lowest BCUT2D eigenvalue weighted by atomic mass is 10.2. The van der Waals surface area contributed by atoms with Crippen LogP contribution >= 0.6 is 15.9 Å². The maximum atomic E-state index is 13.2. The van der Waals surface area contributed by atoms with Gasteiger partial charge < -0.3 is 5.32 Å². The quantitative estimate of drug-likeness (QED) is 0.753. The molecule has 110 valence electrons. The highest BCUT2D eigenvalue weighted by Gasteiger charge is 2.06. The summed E-state index contributed by atoms with van der Waals surface area (Å²) in [6.45, 7) is 0. The number of nitrogens with zero attached hydrogens (tertiary/aromatic N) is 3. The normalized spacial score (nSPS) is 10.5. The molecule has 3 aromatic rings. The molecule has 2 heterocycles. The van der Waals surface area contributed by atoms with Crippen LogP contribution in [0.3, 0.4) is 0 Å². The Morgan fingerprint density at radius 3 is 2.64 bits per heavy atom. The first-order valence-electron chi connectivity index (χ1n) is 6.28. The highest BCUT2D eigenvalue weighted by Crippen LogP contribution is 2.21. The molecule has 0 spiro atoms. The van der Waals surface area contributed by atoms with E-state index in [2.05, 4.69) is 36.2 Å². The van der Waals surface area contributed by atoms with Crippen LogP contribution in [-0.2, 0) is 0 Å². The molecule has 0 unspecified atom stereocenters. The van der Waals surface area contributed by atoms with E-state index in [4.69, 9.17) is 0 Å². The summed E-state index contributed by atoms with van der Waals surface area (Å²) in [7, 11) is 0. The number of hydrogen-bond donors (Lipinski definition) is 1. The largest absolute Gasteiger partial charge is 0.340 e. The summed E-state index contributed by atoms with van der Waals surface area (Å²) < 4.78 is 26.9. The van der Waals surface area contributed by atoms with Gasteiger partial charge in [-0.25, -0.2) is 18.7 Å². The topological polar surface area (TPSA) is 50.7 Å². The van der Waals surface area contributed by atoms with Gasteiger partial charge >= 0.3 is 0 Å². The molecule has 1 N–H and O–H groups in total. The summed E-state index contributed by atoms with van der Waals surface area (Å²) >= 11 is 3.34. The van der Waals surface area contributed by atoms with Gasteiger partial charge in [-0.1, -0.05) is 0 Å². The van der Waals surface area contributed by atoms with Crippen molar-refractivity contribution in [2.75, 3.05) is 5.32 Å². The van der Waals surface area contributed by atoms with Crippen molar-refractivity contribution in [2.45, 2.75) is 0 Å². The Bertz CT molecular complexity index is 826. The molecule has 2 aromatic heterocycles. The van der Waals surface area contributed by atoms with Crippen LogP contribution in [0.2, 0.25) is 0 Å². The average molecular weight is 363 g/mol. The molecule has 4 nitrogen and oxygen atoms in total. The summed E-state index contributed by atoms with van der Waals surface area (Å²) in [5.74, 6) is -0.873. The van der Waals surface area contributed by atoms with Crippen molar-refractivity contribution in [3.63, 3.8) is 0 Å². The molecule has 7 heteroatoms. The minimum absolute atomic E-state index is 0.399. The summed E-state index contributed by atoms with van der Waals surface area (Å²) in [5, 5.41) is 2.91. The third-order valence-electron chi connectivity index (χ3n) is 2.81. The van der Waals surface area contributed by atoms with Gasteiger partial charge in [0.05, 0.1) is 0 Å². The number of rotatable bonds is 3. The second-order valence-electron chi connectivity index (χ2n) is 4.41. The van der Waals surface area contributed by atoms with E-state index in [0.717, 1.165) is 22.2 Å². The third-order valence-corrected chi connectivity index (χ3v) is 3.24. The Morgan fingerprint density at radius 1 is 1.00 bits per heavy atom. The van der Waals surface area contributed by atoms with Crippen LogP contribution < -0.4 is 5.32 Å². The smallest absolute Gasteiger partial charge is 0.163 e. The van der Waals surface area contributed by atoms with Crippen LogP contribution in [0.5, 0.6) is 0 Å². The SMILES string of the molecule is Fc1ccc(Nc2ccnc(-c3cncc(Br)c3)n2)cc1F. The van der Waals surface area contributed by atoms with Crippen LogP contribution in [0.15, 0.2) is 53.4 Å². The summed E-state index contributed by atoms with van der Waals surface area (Å²) in [6, 6.07) is 7.02. The maximum Gasteiger partial charge on any atom is 0.163 e. The van der Waals surface area contributed by atoms with Crippen molar-refractivity contribution in [1.29, 1.82) is 0 Å². The van der Waals surface area contributed by atoms with Crippen molar-refractivity contribution in [1.82, 2.24) is 15.0 Å². The van der Waals surface area contributed by atoms with E-state index < -0.39 is 11.6 Å². The van der Waals surface area contributed by atoms with Gasteiger partial charge in [-0.3, -0.25) is 4.98 Å². The zero-order valence-electron chi connectivity index (χ0n) is 11.1. The first kappa shape index (κ1) is 14.5. The summed E-state index contributed by atoms with van der Waals surface area (Å²) in [6.07, 6.45) is 4.87. The zero-order chi connectivity index (χ0) is 15.5. The Labute approximate surface area is 133 Å². The lowest BCUT2D eigenvalue weighted by Gasteiger charge is -2.07. The molecule has 1 aromatic carbocycles. The van der Waals surface area contributed by atoms with Crippen LogP contribution in [-0.4, -0.2) is 15.0 Å². The molecule has 22 heavy (non-hydrogen) atoms. The molecular weight excluding hydrogens is 354 g/mol. The van der Waals surface area contributed by atoms with Gasteiger partial charge in [0.1, 0.15) is 5.82 Å². The maximum absolute atomic E-state index is 13.2. The molecule has 0 amide bonds. The van der Waals surface area contributed by atoms with Crippen LogP contribution in [0.25, 0.3) is 11.4 Å². The molecule has 0 fully saturated rings. The predicted molar refractivity (Wildman–Crippen MR) is 82.6 cm³/mol. The molecule has 0 bridgehead atoms. The minimum Gasteiger partial charge on any atom is -0.340 e. The first-order valence-corrected chi connectivity index (χ1v) is 7.07. The molecule has 0 atom stereocenters. The van der Waals surface area contributed by atoms with E-state index in [0.29, 0.717) is 17.3 Å². The highest BCUT2D eigenvalue weighted by atomic mass is 79.9. The van der Waals surface area contributed by atoms with Crippen LogP contribution in [0.1, 0.15) is 0 Å². The molecular formula is C15H9BrF2N4. The Kier molecular flexibility index (Phi) is 4.06. The second kappa shape index (κ2) is 6.15. The van der Waals surface area contributed by atoms with Gasteiger partial charge in [-0.2, -0.15) is 0 Å². The molecule has 0 aliphatic carbocycles. The van der Waals surface area contributed by atoms with E-state index in [9.17, 15) is 8.78 Å². The molecule has 0 saturated heterocycles. The van der Waals surface area contributed by atoms with E-state index in [-0.39, 0.29) is 0 Å². The number of anilines is 2. The van der Waals surface area contributed by atoms with E-state index in [1.807, 2.05) is 6.07 Å². The van der Waals surface area contributed by atoms with Crippen molar-refractivity contribution < 1.29 is 8.78 Å². The van der Waals surface area contributed by atoms with Gasteiger partial charge in [0, 0.05) is 40.4 Å². The van der Waals surface area contributed by atoms with Gasteiger partial charge in [0.25, 0.3) is 0 Å². The van der Waals surface area contributed by atoms with E-state index in [1.54, 1.807) is 24.7 Å². The van der Waals surface area contributed by atoms with Gasteiger partial charge in [0.2, 0.25) is 0 Å². The second-order valence-corrected chi connectivity index (χ2v) is 5.33. The lowest BCUT2D eigenvalue weighted by Crippen LogP contribution is -1.98. The Morgan fingerprint density at radius 2 is 1.86 bits per heavy atom. The Balaban J connectivity index is 1.89. The number of benzene rings is 1. The summed E-state index contributed by atoms with van der Waals surface area (Å²) in [4.78, 5) is 12.6. The monoisotopic (exact) mass is 362 g/mol. The van der Waals surface area contributed by atoms with Gasteiger partial charge in [0.15, 0.2) is 17.5 Å². The molecule has 0 saturated carbocycles. The third kappa shape index (κ3) is 3.25. The number of nitrogens with one attached hydrogen (secondary N) is 1. The van der Waals surface area contributed by atoms with Crippen molar-refractivity contribution in [2.24, 2.45) is 0 Å². The van der Waals surface area contributed by atoms with Crippen molar-refractivity contribution in [3.8, 4) is 11.4 Å². The fourth-order valence-corrected chi connectivity index (χ4v) is 2.19. The fraction of sp³-hybridized carbons (Fsp3) is 0. The number of aromatic nitrogens is 3. The number of pyridine rings is 1. The minimum atomic E-state index is -0.921. The average Bonchev–Trinajstić information content (AvgIpc) is 2.51. The summed E-state index contributed by atoms with van der Waals surface area (Å²) in [5.41, 5.74) is 1.14. The number of hydrogen-bond acceptors (Lipinski definition) is 4. The molecule has 0 radical (unpaired) electrons. The number of halogens is 3. The Hall–Kier alpha value is -2.41. The first-order chi connectivity index (χ1) is 10.6. The molecule has 3 rings (SSSR count). The van der Waals surface area contributed by atoms with Crippen molar-refractivity contribution in [3.05, 3.63) is 65.0 Å². The van der Waals surface area contributed by atoms with E-state index >= 15 is 0 Å². The standard InChI is InChI=1S/C15H9BrF2N4/c16-10-5-9(7-19-8-10)15-20-4-3-14(22-15)21-11-1-2-12(17)13(18)6-11/h1-8H,(H,20,21,22). The zero-order valence-corrected chi connectivity index (χ0v) is 12.7. The predicted octanol–water partition coefficient (Wildman–Crippen LogP) is 4.32. The van der Waals surface area contributed by atoms with Crippen LogP contribution in [0.4, 0.5) is 20.3 Å². The van der Waals surface area contributed by atoms with Gasteiger partial charge in [-0.15, -0.1) is 0 Å². The van der Waals surface area contributed by atoms with Crippen LogP contribution in [0, 0.1) is 11.6 Å². The van der Waals surface area contributed by atoms with Crippen molar-refractivity contribution >= 4 is 27.4 Å². The lowest BCUT2D eigenvalue weighted by molar-refractivity contribution is 0.509. The van der Waals surface area contributed by atoms with Gasteiger partial charge in [-0.05, 0) is 40.2 Å². The molecule has 0 aliphatic heterocycles. The highest BCUT2D eigenvalue weighted by molar-refractivity contribution is 9.10. The molecule has 0 aliphatic rings. The fourth-order valence-electron chi connectivity index (χ4n) is 1.82. The van der Waals surface area contributed by atoms with E-state index in [1.165, 1.54) is 6.07 Å².